The van der Waals surface area contributed by atoms with E-state index in [0.717, 1.165) is 27.7 Å². The van der Waals surface area contributed by atoms with Crippen molar-refractivity contribution in [1.82, 2.24) is 5.32 Å². The Morgan fingerprint density at radius 2 is 1.44 bits per heavy atom. The summed E-state index contributed by atoms with van der Waals surface area (Å²) in [7, 11) is 0. The van der Waals surface area contributed by atoms with Crippen molar-refractivity contribution in [1.29, 1.82) is 0 Å². The molecule has 0 bridgehead atoms. The first kappa shape index (κ1) is 34.0. The second kappa shape index (κ2) is 15.7. The second-order valence-corrected chi connectivity index (χ2v) is 9.21. The number of aliphatic carboxylic acids is 1. The average molecular weight is 594 g/mol. The first-order chi connectivity index (χ1) is 19.3. The van der Waals surface area contributed by atoms with Gasteiger partial charge in [-0.25, -0.2) is 4.79 Å². The SMILES string of the molecule is CC(=O)N[C@H]1[C@H](OCCCC=O)O[C@H](CO)[C@@H](O)[C@@H]1O[C@@H]1O[C@H](C(=O)O)[C@@H](OC(C)=O)[C@H](OC(C)=O)[C@H]1OC(C)=O. The average Bonchev–Trinajstić information content (AvgIpc) is 2.86. The lowest BCUT2D eigenvalue weighted by atomic mass is 9.95. The van der Waals surface area contributed by atoms with Gasteiger partial charge in [0.2, 0.25) is 5.91 Å². The summed E-state index contributed by atoms with van der Waals surface area (Å²) in [5, 5.41) is 33.1. The lowest BCUT2D eigenvalue weighted by Crippen LogP contribution is -2.69. The fourth-order valence-corrected chi connectivity index (χ4v) is 4.36. The van der Waals surface area contributed by atoms with Gasteiger partial charge in [-0.2, -0.15) is 0 Å². The molecule has 232 valence electrons. The molecule has 0 aromatic rings. The number of unbranched alkanes of at least 4 members (excludes halogenated alkanes) is 1. The van der Waals surface area contributed by atoms with Crippen LogP contribution < -0.4 is 5.32 Å². The molecule has 2 rings (SSSR count). The van der Waals surface area contributed by atoms with Crippen molar-refractivity contribution in [2.45, 2.75) is 102 Å². The van der Waals surface area contributed by atoms with E-state index < -0.39 is 97.7 Å². The Morgan fingerprint density at radius 3 is 1.95 bits per heavy atom. The maximum atomic E-state index is 12.1. The summed E-state index contributed by atoms with van der Waals surface area (Å²) in [6.45, 7) is 3.29. The van der Waals surface area contributed by atoms with Crippen molar-refractivity contribution in [2.75, 3.05) is 13.2 Å². The summed E-state index contributed by atoms with van der Waals surface area (Å²) in [5.41, 5.74) is 0. The molecule has 0 spiro atoms. The van der Waals surface area contributed by atoms with E-state index in [9.17, 15) is 44.1 Å². The minimum atomic E-state index is -2.01. The van der Waals surface area contributed by atoms with Gasteiger partial charge in [0.15, 0.2) is 37.0 Å². The molecular formula is C24H35NO16. The minimum Gasteiger partial charge on any atom is -0.479 e. The standard InChI is InChI=1S/C24H35NO16/c1-10(28)25-15-17(16(32)14(9-27)39-23(15)35-8-6-5-7-26)40-24-21(38-13(4)31)19(37-12(3)30)18(36-11(2)29)20(41-24)22(33)34/h7,14-21,23-24,27,32H,5-6,8-9H2,1-4H3,(H,25,28)(H,33,34)/t14-,15-,16-,17-,18+,19+,20+,21-,23-,24-/m1/s1. The van der Waals surface area contributed by atoms with Crippen molar-refractivity contribution in [3.05, 3.63) is 0 Å². The van der Waals surface area contributed by atoms with Crippen LogP contribution in [0.1, 0.15) is 40.5 Å². The highest BCUT2D eigenvalue weighted by Gasteiger charge is 2.57. The van der Waals surface area contributed by atoms with Crippen LogP contribution >= 0.6 is 0 Å². The van der Waals surface area contributed by atoms with E-state index in [1.54, 1.807) is 0 Å². The number of carboxylic acid groups (broad SMARTS) is 1. The van der Waals surface area contributed by atoms with Crippen LogP contribution in [0.25, 0.3) is 0 Å². The maximum absolute atomic E-state index is 12.1. The monoisotopic (exact) mass is 593 g/mol. The van der Waals surface area contributed by atoms with Crippen molar-refractivity contribution >= 4 is 36.1 Å². The third-order valence-electron chi connectivity index (χ3n) is 5.91. The summed E-state index contributed by atoms with van der Waals surface area (Å²) in [4.78, 5) is 70.6. The summed E-state index contributed by atoms with van der Waals surface area (Å²) >= 11 is 0. The molecule has 0 unspecified atom stereocenters. The molecule has 0 saturated carbocycles. The molecular weight excluding hydrogens is 558 g/mol. The summed E-state index contributed by atoms with van der Waals surface area (Å²) in [6, 6.07) is -1.32. The number of aldehydes is 1. The van der Waals surface area contributed by atoms with Gasteiger partial charge in [0.25, 0.3) is 0 Å². The summed E-state index contributed by atoms with van der Waals surface area (Å²) in [5.74, 6) is -5.16. The van der Waals surface area contributed by atoms with Crippen LogP contribution in [0.4, 0.5) is 0 Å². The Hall–Kier alpha value is -3.22. The Labute approximate surface area is 234 Å². The van der Waals surface area contributed by atoms with Gasteiger partial charge in [-0.15, -0.1) is 0 Å². The van der Waals surface area contributed by atoms with Gasteiger partial charge in [-0.3, -0.25) is 19.2 Å². The number of aliphatic hydroxyl groups is 2. The number of hydrogen-bond acceptors (Lipinski definition) is 15. The van der Waals surface area contributed by atoms with Gasteiger partial charge < -0.3 is 58.6 Å². The van der Waals surface area contributed by atoms with Gasteiger partial charge in [0.05, 0.1) is 13.2 Å². The zero-order valence-corrected chi connectivity index (χ0v) is 22.8. The molecule has 2 fully saturated rings. The molecule has 17 nitrogen and oxygen atoms in total. The van der Waals surface area contributed by atoms with Crippen LogP contribution in [0.15, 0.2) is 0 Å². The number of aliphatic hydroxyl groups excluding tert-OH is 2. The molecule has 17 heteroatoms. The molecule has 2 heterocycles. The first-order valence-corrected chi connectivity index (χ1v) is 12.6. The molecule has 2 aliphatic rings. The highest BCUT2D eigenvalue weighted by molar-refractivity contribution is 5.75. The quantitative estimate of drug-likeness (QED) is 0.0750. The summed E-state index contributed by atoms with van der Waals surface area (Å²) < 4.78 is 38.2. The number of rotatable bonds is 13. The predicted molar refractivity (Wildman–Crippen MR) is 128 cm³/mol. The van der Waals surface area contributed by atoms with Gasteiger partial charge in [-0.1, -0.05) is 0 Å². The van der Waals surface area contributed by atoms with E-state index in [4.69, 9.17) is 33.2 Å². The smallest absolute Gasteiger partial charge is 0.337 e. The van der Waals surface area contributed by atoms with E-state index in [1.807, 2.05) is 0 Å². The van der Waals surface area contributed by atoms with Gasteiger partial charge >= 0.3 is 23.9 Å². The van der Waals surface area contributed by atoms with E-state index in [1.165, 1.54) is 0 Å². The van der Waals surface area contributed by atoms with Crippen molar-refractivity contribution < 1.29 is 77.2 Å². The van der Waals surface area contributed by atoms with E-state index in [-0.39, 0.29) is 19.4 Å². The topological polar surface area (TPSA) is 240 Å². The van der Waals surface area contributed by atoms with Crippen molar-refractivity contribution in [3.63, 3.8) is 0 Å². The lowest BCUT2D eigenvalue weighted by molar-refractivity contribution is -0.342. The first-order valence-electron chi connectivity index (χ1n) is 12.6. The molecule has 2 saturated heterocycles. The molecule has 0 aromatic heterocycles. The fraction of sp³-hybridized carbons (Fsp3) is 0.750. The number of hydrogen-bond donors (Lipinski definition) is 4. The molecule has 41 heavy (non-hydrogen) atoms. The van der Waals surface area contributed by atoms with E-state index in [0.29, 0.717) is 6.29 Å². The predicted octanol–water partition coefficient (Wildman–Crippen LogP) is -2.45. The Balaban J connectivity index is 2.54. The van der Waals surface area contributed by atoms with Gasteiger partial charge in [0, 0.05) is 34.1 Å². The molecule has 10 atom stereocenters. The maximum Gasteiger partial charge on any atom is 0.337 e. The van der Waals surface area contributed by atoms with Crippen LogP contribution in [-0.2, 0) is 61.9 Å². The highest BCUT2D eigenvalue weighted by atomic mass is 16.7. The van der Waals surface area contributed by atoms with Crippen molar-refractivity contribution in [2.24, 2.45) is 0 Å². The molecule has 0 aliphatic carbocycles. The lowest BCUT2D eigenvalue weighted by Gasteiger charge is -2.48. The largest absolute Gasteiger partial charge is 0.479 e. The number of ether oxygens (including phenoxy) is 7. The van der Waals surface area contributed by atoms with Crippen molar-refractivity contribution in [3.8, 4) is 0 Å². The Kier molecular flexibility index (Phi) is 13.0. The van der Waals surface area contributed by atoms with Crippen LogP contribution in [-0.4, -0.2) is 126 Å². The normalized spacial score (nSPS) is 33.2. The Bertz CT molecular complexity index is 958. The number of amides is 1. The number of esters is 3. The number of carboxylic acids is 1. The third-order valence-corrected chi connectivity index (χ3v) is 5.91. The Morgan fingerprint density at radius 1 is 0.854 bits per heavy atom. The minimum absolute atomic E-state index is 0.0316. The molecule has 0 aromatic carbocycles. The summed E-state index contributed by atoms with van der Waals surface area (Å²) in [6.07, 6.45) is -14.1. The second-order valence-electron chi connectivity index (χ2n) is 9.21. The van der Waals surface area contributed by atoms with Crippen LogP contribution in [0.5, 0.6) is 0 Å². The number of carbonyl (C=O) groups is 6. The van der Waals surface area contributed by atoms with Crippen LogP contribution in [0, 0.1) is 0 Å². The number of nitrogens with one attached hydrogen (secondary N) is 1. The molecule has 2 aliphatic heterocycles. The zero-order chi connectivity index (χ0) is 30.9. The highest BCUT2D eigenvalue weighted by Crippen LogP contribution is 2.33. The number of carbonyl (C=O) groups excluding carboxylic acids is 5. The van der Waals surface area contributed by atoms with Crippen LogP contribution in [0.3, 0.4) is 0 Å². The van der Waals surface area contributed by atoms with Gasteiger partial charge in [-0.05, 0) is 6.42 Å². The van der Waals surface area contributed by atoms with Crippen LogP contribution in [0.2, 0.25) is 0 Å². The molecule has 0 radical (unpaired) electrons. The fourth-order valence-electron chi connectivity index (χ4n) is 4.36. The molecule has 4 N–H and O–H groups in total. The van der Waals surface area contributed by atoms with E-state index in [2.05, 4.69) is 5.32 Å². The van der Waals surface area contributed by atoms with E-state index >= 15 is 0 Å². The zero-order valence-electron chi connectivity index (χ0n) is 22.8. The third kappa shape index (κ3) is 9.40. The molecule has 1 amide bonds. The van der Waals surface area contributed by atoms with Gasteiger partial charge in [0.1, 0.15) is 30.6 Å².